The molecule has 1 heterocycles. The topological polar surface area (TPSA) is 214 Å². The summed E-state index contributed by atoms with van der Waals surface area (Å²) in [6.07, 6.45) is -0.305. The highest BCUT2D eigenvalue weighted by Crippen LogP contribution is 2.27. The number of nitro groups is 2. The van der Waals surface area contributed by atoms with Crippen LogP contribution in [-0.2, 0) is 4.65 Å². The van der Waals surface area contributed by atoms with Crippen molar-refractivity contribution in [3.8, 4) is 0 Å². The molecule has 0 aromatic heterocycles. The van der Waals surface area contributed by atoms with E-state index in [0.717, 1.165) is 0 Å². The summed E-state index contributed by atoms with van der Waals surface area (Å²) in [6, 6.07) is 11.8. The summed E-state index contributed by atoms with van der Waals surface area (Å²) in [5.41, 5.74) is 1.63. The molecule has 0 bridgehead atoms. The summed E-state index contributed by atoms with van der Waals surface area (Å²) in [5, 5.41) is 63.7. The minimum absolute atomic E-state index is 0.238. The minimum Gasteiger partial charge on any atom is -0.423 e. The number of hydrogen-bond donors (Lipinski definition) is 5. The fraction of sp³-hybridized carbons (Fsp3) is 0.278. The van der Waals surface area contributed by atoms with Crippen molar-refractivity contribution in [3.63, 3.8) is 0 Å². The van der Waals surface area contributed by atoms with Crippen LogP contribution in [0.3, 0.4) is 0 Å². The van der Waals surface area contributed by atoms with E-state index in [-0.39, 0.29) is 18.6 Å². The molecule has 3 rings (SSSR count). The second kappa shape index (κ2) is 14.1. The van der Waals surface area contributed by atoms with Crippen LogP contribution in [0.15, 0.2) is 48.5 Å². The van der Waals surface area contributed by atoms with E-state index in [1.54, 1.807) is 36.4 Å². The van der Waals surface area contributed by atoms with Crippen molar-refractivity contribution in [2.45, 2.75) is 12.1 Å². The third kappa shape index (κ3) is 8.34. The Balaban J connectivity index is 0.000000278. The lowest BCUT2D eigenvalue weighted by Gasteiger charge is -2.15. The average Bonchev–Trinajstić information content (AvgIpc) is 3.11. The molecule has 1 aliphatic rings. The zero-order valence-electron chi connectivity index (χ0n) is 17.2. The number of aliphatic hydroxyl groups is 2. The lowest BCUT2D eigenvalue weighted by Crippen LogP contribution is -2.32. The Morgan fingerprint density at radius 1 is 1.09 bits per heavy atom. The second-order valence-corrected chi connectivity index (χ2v) is 6.47. The first kappa shape index (κ1) is 27.8. The first-order valence-corrected chi connectivity index (χ1v) is 9.47. The normalized spacial score (nSPS) is 14.6. The summed E-state index contributed by atoms with van der Waals surface area (Å²) in [7, 11) is -2.73. The van der Waals surface area contributed by atoms with Gasteiger partial charge in [-0.1, -0.05) is 48.5 Å². The number of carbonyl (C=O) groups excluding carboxylic acids is 1. The highest BCUT2D eigenvalue weighted by molar-refractivity contribution is 6.61. The van der Waals surface area contributed by atoms with Crippen LogP contribution in [0.5, 0.6) is 0 Å². The van der Waals surface area contributed by atoms with Gasteiger partial charge >= 0.3 is 14.2 Å². The van der Waals surface area contributed by atoms with Crippen molar-refractivity contribution in [2.75, 3.05) is 19.8 Å². The van der Waals surface area contributed by atoms with Crippen LogP contribution >= 0.6 is 0 Å². The Morgan fingerprint density at radius 3 is 2.15 bits per heavy atom. The number of hydrogen-bond acceptors (Lipinski definition) is 11. The zero-order chi connectivity index (χ0) is 25.0. The second-order valence-electron chi connectivity index (χ2n) is 6.47. The minimum atomic E-state index is -1.57. The van der Waals surface area contributed by atoms with Crippen LogP contribution in [0.2, 0.25) is 0 Å². The molecule has 2 unspecified atom stereocenters. The fourth-order valence-corrected chi connectivity index (χ4v) is 2.79. The molecule has 5 N–H and O–H groups in total. The molecule has 2 aromatic carbocycles. The molecular weight excluding hydrogens is 442 g/mol. The molecule has 33 heavy (non-hydrogen) atoms. The highest BCUT2D eigenvalue weighted by atomic mass is 16.6. The third-order valence-electron chi connectivity index (χ3n) is 4.34. The Hall–Kier alpha value is -3.20. The SMILES string of the molecule is O=Cc1ccccc1B(O)O.O=[N+]([O-])C(CO)C1OB(O)c2ccccc21.O=[N+]([O-])CCO. The molecule has 0 amide bonds. The maximum absolute atomic E-state index is 10.7. The third-order valence-corrected chi connectivity index (χ3v) is 4.34. The maximum atomic E-state index is 10.7. The number of aldehydes is 1. The number of aliphatic hydroxyl groups excluding tert-OH is 2. The van der Waals surface area contributed by atoms with Crippen LogP contribution in [0, 0.1) is 20.2 Å². The summed E-state index contributed by atoms with van der Waals surface area (Å²) in [4.78, 5) is 29.1. The Morgan fingerprint density at radius 2 is 1.70 bits per heavy atom. The van der Waals surface area contributed by atoms with Gasteiger partial charge in [-0.15, -0.1) is 0 Å². The number of nitrogens with zero attached hydrogens (tertiary/aromatic N) is 2. The maximum Gasteiger partial charge on any atom is 0.492 e. The van der Waals surface area contributed by atoms with Crippen molar-refractivity contribution in [1.82, 2.24) is 0 Å². The van der Waals surface area contributed by atoms with Crippen LogP contribution in [0.1, 0.15) is 22.0 Å². The van der Waals surface area contributed by atoms with Crippen LogP contribution in [0.25, 0.3) is 0 Å². The Labute approximate surface area is 188 Å². The fourth-order valence-electron chi connectivity index (χ4n) is 2.79. The number of fused-ring (bicyclic) bond motifs is 1. The first-order chi connectivity index (χ1) is 15.7. The zero-order valence-corrected chi connectivity index (χ0v) is 17.2. The lowest BCUT2D eigenvalue weighted by molar-refractivity contribution is -0.537. The van der Waals surface area contributed by atoms with Gasteiger partial charge in [-0.2, -0.15) is 0 Å². The summed E-state index contributed by atoms with van der Waals surface area (Å²) >= 11 is 0. The van der Waals surface area contributed by atoms with Crippen molar-refractivity contribution >= 4 is 31.4 Å². The molecule has 0 saturated heterocycles. The van der Waals surface area contributed by atoms with E-state index in [1.807, 2.05) is 0 Å². The summed E-state index contributed by atoms with van der Waals surface area (Å²) in [5.74, 6) is 0. The largest absolute Gasteiger partial charge is 0.492 e. The Bertz CT molecular complexity index is 932. The predicted octanol–water partition coefficient (Wildman–Crippen LogP) is -2.48. The van der Waals surface area contributed by atoms with Crippen LogP contribution < -0.4 is 10.9 Å². The van der Waals surface area contributed by atoms with Crippen molar-refractivity contribution in [1.29, 1.82) is 0 Å². The van der Waals surface area contributed by atoms with Gasteiger partial charge < -0.3 is 29.9 Å². The van der Waals surface area contributed by atoms with Crippen molar-refractivity contribution in [2.24, 2.45) is 0 Å². The van der Waals surface area contributed by atoms with E-state index in [9.17, 15) is 30.0 Å². The molecule has 0 radical (unpaired) electrons. The van der Waals surface area contributed by atoms with E-state index in [0.29, 0.717) is 22.9 Å². The van der Waals surface area contributed by atoms with Crippen molar-refractivity contribution in [3.05, 3.63) is 79.9 Å². The van der Waals surface area contributed by atoms with E-state index >= 15 is 0 Å². The summed E-state index contributed by atoms with van der Waals surface area (Å²) < 4.78 is 5.10. The molecule has 2 aromatic rings. The molecule has 1 aliphatic heterocycles. The number of carbonyl (C=O) groups is 1. The molecular formula is C18H22B2N2O11. The van der Waals surface area contributed by atoms with E-state index < -0.39 is 42.8 Å². The predicted molar refractivity (Wildman–Crippen MR) is 116 cm³/mol. The van der Waals surface area contributed by atoms with Gasteiger partial charge in [0.25, 0.3) is 6.04 Å². The smallest absolute Gasteiger partial charge is 0.423 e. The average molecular weight is 464 g/mol. The van der Waals surface area contributed by atoms with E-state index in [4.69, 9.17) is 24.9 Å². The highest BCUT2D eigenvalue weighted by Gasteiger charge is 2.43. The molecule has 0 saturated carbocycles. The lowest BCUT2D eigenvalue weighted by atomic mass is 9.77. The van der Waals surface area contributed by atoms with E-state index in [2.05, 4.69) is 0 Å². The number of rotatable bonds is 7. The van der Waals surface area contributed by atoms with Gasteiger partial charge in [-0.05, 0) is 16.5 Å². The van der Waals surface area contributed by atoms with Gasteiger partial charge in [-0.25, -0.2) is 0 Å². The van der Waals surface area contributed by atoms with Gasteiger partial charge in [0.2, 0.25) is 6.54 Å². The van der Waals surface area contributed by atoms with Gasteiger partial charge in [0.15, 0.2) is 0 Å². The standard InChI is InChI=1S/C9H10BNO5.C7H7BO3.C2H5NO3/c12-5-8(11(14)15)9-6-3-1-2-4-7(6)10(13)16-9;9-5-6-3-1-2-4-7(6)8(10)11;4-2-1-3(5)6/h1-4,8-9,12-13H,5H2;1-5,10-11H;4H,1-2H2. The van der Waals surface area contributed by atoms with Crippen LogP contribution in [-0.4, -0.2) is 81.5 Å². The van der Waals surface area contributed by atoms with Gasteiger partial charge in [0, 0.05) is 15.4 Å². The van der Waals surface area contributed by atoms with E-state index in [1.165, 1.54) is 12.1 Å². The molecule has 0 fully saturated rings. The molecule has 2 atom stereocenters. The summed E-state index contributed by atoms with van der Waals surface area (Å²) in [6.45, 7) is -1.34. The Kier molecular flexibility index (Phi) is 11.9. The molecule has 0 aliphatic carbocycles. The van der Waals surface area contributed by atoms with Crippen LogP contribution in [0.4, 0.5) is 0 Å². The van der Waals surface area contributed by atoms with Gasteiger partial charge in [-0.3, -0.25) is 25.0 Å². The molecule has 176 valence electrons. The van der Waals surface area contributed by atoms with Gasteiger partial charge in [0.1, 0.15) is 25.6 Å². The molecule has 13 nitrogen and oxygen atoms in total. The molecule has 15 heteroatoms. The first-order valence-electron chi connectivity index (χ1n) is 9.47. The monoisotopic (exact) mass is 464 g/mol. The van der Waals surface area contributed by atoms with Gasteiger partial charge in [0.05, 0.1) is 0 Å². The molecule has 0 spiro atoms. The number of benzene rings is 2. The van der Waals surface area contributed by atoms with Crippen molar-refractivity contribution < 1.29 is 44.6 Å². The quantitative estimate of drug-likeness (QED) is 0.125.